The van der Waals surface area contributed by atoms with Crippen molar-refractivity contribution < 1.29 is 4.74 Å². The third-order valence-corrected chi connectivity index (χ3v) is 2.74. The average Bonchev–Trinajstić information content (AvgIpc) is 2.57. The quantitative estimate of drug-likeness (QED) is 0.787. The van der Waals surface area contributed by atoms with Gasteiger partial charge in [-0.15, -0.1) is 11.6 Å². The van der Waals surface area contributed by atoms with Crippen LogP contribution in [0.4, 0.5) is 0 Å². The van der Waals surface area contributed by atoms with Crippen LogP contribution in [0.5, 0.6) is 11.6 Å². The second-order valence-corrected chi connectivity index (χ2v) is 3.97. The molecule has 2 heterocycles. The molecule has 0 radical (unpaired) electrons. The van der Waals surface area contributed by atoms with E-state index in [1.807, 2.05) is 20.9 Å². The first-order chi connectivity index (χ1) is 8.11. The molecule has 0 aromatic carbocycles. The van der Waals surface area contributed by atoms with Crippen LogP contribution in [0, 0.1) is 13.8 Å². The highest BCUT2D eigenvalue weighted by Gasteiger charge is 2.12. The number of hydrogen-bond acceptors (Lipinski definition) is 4. The van der Waals surface area contributed by atoms with Crippen molar-refractivity contribution >= 4 is 11.6 Å². The van der Waals surface area contributed by atoms with Gasteiger partial charge in [0.05, 0.1) is 29.7 Å². The molecule has 5 nitrogen and oxygen atoms in total. The van der Waals surface area contributed by atoms with Crippen LogP contribution in [0.15, 0.2) is 12.4 Å². The van der Waals surface area contributed by atoms with E-state index in [1.54, 1.807) is 17.1 Å². The number of hydrogen-bond donors (Lipinski definition) is 0. The molecule has 90 valence electrons. The van der Waals surface area contributed by atoms with E-state index in [4.69, 9.17) is 16.3 Å². The Morgan fingerprint density at radius 1 is 1.29 bits per heavy atom. The first kappa shape index (κ1) is 11.9. The molecule has 0 unspecified atom stereocenters. The van der Waals surface area contributed by atoms with Crippen LogP contribution >= 0.6 is 11.6 Å². The van der Waals surface area contributed by atoms with E-state index in [0.717, 1.165) is 22.8 Å². The van der Waals surface area contributed by atoms with Crippen molar-refractivity contribution in [2.75, 3.05) is 0 Å². The standard InChI is InChI=1S/C11H13ClN4O/c1-7-11(8(2)16(3)15-7)17-10-6-13-9(4-12)5-14-10/h5-6H,4H2,1-3H3. The molecule has 17 heavy (non-hydrogen) atoms. The summed E-state index contributed by atoms with van der Waals surface area (Å²) in [6, 6.07) is 0. The largest absolute Gasteiger partial charge is 0.434 e. The minimum absolute atomic E-state index is 0.345. The van der Waals surface area contributed by atoms with Gasteiger partial charge in [0.2, 0.25) is 5.88 Å². The van der Waals surface area contributed by atoms with Crippen LogP contribution in [0.3, 0.4) is 0 Å². The molecule has 0 aliphatic rings. The number of rotatable bonds is 3. The fourth-order valence-electron chi connectivity index (χ4n) is 1.47. The van der Waals surface area contributed by atoms with E-state index in [0.29, 0.717) is 11.8 Å². The summed E-state index contributed by atoms with van der Waals surface area (Å²) in [4.78, 5) is 8.24. The van der Waals surface area contributed by atoms with Gasteiger partial charge in [-0.1, -0.05) is 0 Å². The van der Waals surface area contributed by atoms with E-state index in [9.17, 15) is 0 Å². The average molecular weight is 253 g/mol. The minimum atomic E-state index is 0.345. The van der Waals surface area contributed by atoms with Gasteiger partial charge in [-0.05, 0) is 13.8 Å². The van der Waals surface area contributed by atoms with Crippen molar-refractivity contribution in [3.8, 4) is 11.6 Å². The number of halogens is 1. The normalized spacial score (nSPS) is 10.6. The third kappa shape index (κ3) is 2.39. The molecule has 0 fully saturated rings. The Morgan fingerprint density at radius 3 is 2.53 bits per heavy atom. The molecule has 2 aromatic heterocycles. The van der Waals surface area contributed by atoms with E-state index in [2.05, 4.69) is 15.1 Å². The second kappa shape index (κ2) is 4.71. The Kier molecular flexibility index (Phi) is 3.28. The van der Waals surface area contributed by atoms with Crippen LogP contribution in [0.2, 0.25) is 0 Å². The lowest BCUT2D eigenvalue weighted by Crippen LogP contribution is -1.95. The zero-order valence-corrected chi connectivity index (χ0v) is 10.7. The first-order valence-electron chi connectivity index (χ1n) is 5.16. The second-order valence-electron chi connectivity index (χ2n) is 3.71. The van der Waals surface area contributed by atoms with Gasteiger partial charge >= 0.3 is 0 Å². The van der Waals surface area contributed by atoms with Crippen LogP contribution < -0.4 is 4.74 Å². The monoisotopic (exact) mass is 252 g/mol. The summed E-state index contributed by atoms with van der Waals surface area (Å²) in [5.41, 5.74) is 2.50. The summed E-state index contributed by atoms with van der Waals surface area (Å²) in [7, 11) is 1.87. The molecular weight excluding hydrogens is 240 g/mol. The topological polar surface area (TPSA) is 52.8 Å². The predicted molar refractivity (Wildman–Crippen MR) is 64.3 cm³/mol. The van der Waals surface area contributed by atoms with E-state index in [1.165, 1.54) is 0 Å². The van der Waals surface area contributed by atoms with Gasteiger partial charge in [-0.25, -0.2) is 4.98 Å². The van der Waals surface area contributed by atoms with Gasteiger partial charge < -0.3 is 4.74 Å². The lowest BCUT2D eigenvalue weighted by molar-refractivity contribution is 0.452. The molecule has 0 aliphatic heterocycles. The van der Waals surface area contributed by atoms with E-state index < -0.39 is 0 Å². The fraction of sp³-hybridized carbons (Fsp3) is 0.364. The molecular formula is C11H13ClN4O. The zero-order chi connectivity index (χ0) is 12.4. The number of aromatic nitrogens is 4. The Hall–Kier alpha value is -1.62. The molecule has 0 saturated heterocycles. The number of aryl methyl sites for hydroxylation is 2. The summed E-state index contributed by atoms with van der Waals surface area (Å²) in [5.74, 6) is 1.51. The molecule has 0 spiro atoms. The van der Waals surface area contributed by atoms with Crippen LogP contribution in [0.25, 0.3) is 0 Å². The summed E-state index contributed by atoms with van der Waals surface area (Å²) < 4.78 is 7.43. The van der Waals surface area contributed by atoms with Gasteiger partial charge in [0, 0.05) is 7.05 Å². The molecule has 0 N–H and O–H groups in total. The number of ether oxygens (including phenoxy) is 1. The molecule has 2 rings (SSSR count). The maximum Gasteiger partial charge on any atom is 0.238 e. The van der Waals surface area contributed by atoms with Crippen molar-refractivity contribution in [1.29, 1.82) is 0 Å². The summed E-state index contributed by atoms with van der Waals surface area (Å²) >= 11 is 5.64. The molecule has 2 aromatic rings. The van der Waals surface area contributed by atoms with Crippen molar-refractivity contribution in [2.24, 2.45) is 7.05 Å². The SMILES string of the molecule is Cc1nn(C)c(C)c1Oc1cnc(CCl)cn1. The highest BCUT2D eigenvalue weighted by Crippen LogP contribution is 2.26. The molecule has 6 heteroatoms. The van der Waals surface area contributed by atoms with Crippen LogP contribution in [0.1, 0.15) is 17.1 Å². The Bertz CT molecular complexity index is 521. The van der Waals surface area contributed by atoms with Gasteiger partial charge in [-0.3, -0.25) is 9.67 Å². The molecule has 0 amide bonds. The van der Waals surface area contributed by atoms with Gasteiger partial charge in [0.15, 0.2) is 5.75 Å². The smallest absolute Gasteiger partial charge is 0.238 e. The van der Waals surface area contributed by atoms with Crippen molar-refractivity contribution in [3.63, 3.8) is 0 Å². The fourth-order valence-corrected chi connectivity index (χ4v) is 1.61. The Balaban J connectivity index is 2.25. The van der Waals surface area contributed by atoms with Crippen molar-refractivity contribution in [3.05, 3.63) is 29.5 Å². The lowest BCUT2D eigenvalue weighted by Gasteiger charge is -2.04. The summed E-state index contributed by atoms with van der Waals surface area (Å²) in [6.45, 7) is 3.83. The first-order valence-corrected chi connectivity index (χ1v) is 5.70. The van der Waals surface area contributed by atoms with Gasteiger partial charge in [0.1, 0.15) is 5.69 Å². The maximum atomic E-state index is 5.66. The van der Waals surface area contributed by atoms with Crippen LogP contribution in [-0.4, -0.2) is 19.7 Å². The van der Waals surface area contributed by atoms with Gasteiger partial charge in [-0.2, -0.15) is 5.10 Å². The molecule has 0 saturated carbocycles. The van der Waals surface area contributed by atoms with Crippen molar-refractivity contribution in [1.82, 2.24) is 19.7 Å². The molecule has 0 atom stereocenters. The summed E-state index contributed by atoms with van der Waals surface area (Å²) in [5, 5.41) is 4.26. The molecule has 0 aliphatic carbocycles. The minimum Gasteiger partial charge on any atom is -0.434 e. The highest BCUT2D eigenvalue weighted by molar-refractivity contribution is 6.16. The van der Waals surface area contributed by atoms with Crippen molar-refractivity contribution in [2.45, 2.75) is 19.7 Å². The van der Waals surface area contributed by atoms with E-state index in [-0.39, 0.29) is 0 Å². The highest BCUT2D eigenvalue weighted by atomic mass is 35.5. The zero-order valence-electron chi connectivity index (χ0n) is 9.94. The van der Waals surface area contributed by atoms with Crippen LogP contribution in [-0.2, 0) is 12.9 Å². The number of nitrogens with zero attached hydrogens (tertiary/aromatic N) is 4. The number of alkyl halides is 1. The maximum absolute atomic E-state index is 5.66. The predicted octanol–water partition coefficient (Wildman–Crippen LogP) is 2.36. The molecule has 0 bridgehead atoms. The Labute approximate surface area is 104 Å². The lowest BCUT2D eigenvalue weighted by atomic mass is 10.3. The third-order valence-electron chi connectivity index (χ3n) is 2.47. The Morgan fingerprint density at radius 2 is 2.06 bits per heavy atom. The van der Waals surface area contributed by atoms with Gasteiger partial charge in [0.25, 0.3) is 0 Å². The summed E-state index contributed by atoms with van der Waals surface area (Å²) in [6.07, 6.45) is 3.16. The van der Waals surface area contributed by atoms with E-state index >= 15 is 0 Å².